The Bertz CT molecular complexity index is 350. The van der Waals surface area contributed by atoms with Crippen molar-refractivity contribution in [1.29, 1.82) is 0 Å². The van der Waals surface area contributed by atoms with Crippen molar-refractivity contribution in [3.8, 4) is 0 Å². The molecule has 4 heteroatoms. The number of oxazole rings is 1. The van der Waals surface area contributed by atoms with Gasteiger partial charge in [-0.15, -0.1) is 0 Å². The summed E-state index contributed by atoms with van der Waals surface area (Å²) in [4.78, 5) is 6.87. The minimum absolute atomic E-state index is 0.243. The lowest BCUT2D eigenvalue weighted by atomic mass is 10.1. The molecule has 0 saturated carbocycles. The predicted molar refractivity (Wildman–Crippen MR) is 67.9 cm³/mol. The smallest absolute Gasteiger partial charge is 0.194 e. The molecular formula is C13H23N3O. The summed E-state index contributed by atoms with van der Waals surface area (Å²) in [7, 11) is 1.93. The molecule has 1 fully saturated rings. The predicted octanol–water partition coefficient (Wildman–Crippen LogP) is 1.84. The summed E-state index contributed by atoms with van der Waals surface area (Å²) in [6.07, 6.45) is 4.10. The first-order chi connectivity index (χ1) is 8.22. The highest BCUT2D eigenvalue weighted by Gasteiger charge is 2.23. The average Bonchev–Trinajstić information content (AvgIpc) is 2.97. The Hall–Kier alpha value is -0.870. The van der Waals surface area contributed by atoms with E-state index in [9.17, 15) is 0 Å². The van der Waals surface area contributed by atoms with Crippen LogP contribution in [0.2, 0.25) is 0 Å². The van der Waals surface area contributed by atoms with Crippen molar-refractivity contribution in [2.75, 3.05) is 26.7 Å². The number of rotatable bonds is 5. The molecule has 0 amide bonds. The zero-order chi connectivity index (χ0) is 12.3. The summed E-state index contributed by atoms with van der Waals surface area (Å²) < 4.78 is 5.77. The molecule has 0 aliphatic carbocycles. The highest BCUT2D eigenvalue weighted by Crippen LogP contribution is 2.21. The number of likely N-dealkylation sites (tertiary alicyclic amines) is 1. The molecule has 0 bridgehead atoms. The van der Waals surface area contributed by atoms with Crippen molar-refractivity contribution < 1.29 is 4.42 Å². The first-order valence-corrected chi connectivity index (χ1v) is 6.57. The van der Waals surface area contributed by atoms with Gasteiger partial charge >= 0.3 is 0 Å². The van der Waals surface area contributed by atoms with Crippen LogP contribution in [0.4, 0.5) is 0 Å². The Morgan fingerprint density at radius 1 is 1.65 bits per heavy atom. The maximum Gasteiger partial charge on any atom is 0.194 e. The molecule has 0 spiro atoms. The lowest BCUT2D eigenvalue weighted by Gasteiger charge is -2.11. The Balaban J connectivity index is 1.89. The van der Waals surface area contributed by atoms with E-state index in [4.69, 9.17) is 4.42 Å². The number of aromatic nitrogens is 1. The minimum Gasteiger partial charge on any atom is -0.444 e. The van der Waals surface area contributed by atoms with Gasteiger partial charge in [-0.3, -0.25) is 0 Å². The lowest BCUT2D eigenvalue weighted by Crippen LogP contribution is -2.20. The van der Waals surface area contributed by atoms with Crippen molar-refractivity contribution in [3.05, 3.63) is 17.8 Å². The zero-order valence-corrected chi connectivity index (χ0v) is 11.1. The van der Waals surface area contributed by atoms with Crippen LogP contribution in [-0.4, -0.2) is 36.6 Å². The molecule has 2 atom stereocenters. The van der Waals surface area contributed by atoms with E-state index in [-0.39, 0.29) is 6.04 Å². The second-order valence-electron chi connectivity index (χ2n) is 4.92. The second kappa shape index (κ2) is 5.65. The average molecular weight is 237 g/mol. The standard InChI is InChI=1S/C13H23N3O/c1-4-16-6-5-11(9-16)7-13-15-8-12(17-13)10(2)14-3/h8,10-11,14H,4-7,9H2,1-3H3. The normalized spacial score (nSPS) is 23.1. The molecule has 1 aromatic rings. The highest BCUT2D eigenvalue weighted by molar-refractivity contribution is 5.00. The molecule has 4 nitrogen and oxygen atoms in total. The van der Waals surface area contributed by atoms with Gasteiger partial charge < -0.3 is 14.6 Å². The number of nitrogens with one attached hydrogen (secondary N) is 1. The molecule has 0 aromatic carbocycles. The molecule has 1 N–H and O–H groups in total. The van der Waals surface area contributed by atoms with Crippen LogP contribution in [0.5, 0.6) is 0 Å². The zero-order valence-electron chi connectivity index (χ0n) is 11.1. The summed E-state index contributed by atoms with van der Waals surface area (Å²) in [6.45, 7) is 7.88. The molecule has 2 unspecified atom stereocenters. The van der Waals surface area contributed by atoms with Gasteiger partial charge in [-0.25, -0.2) is 4.98 Å². The van der Waals surface area contributed by atoms with Crippen LogP contribution in [0.3, 0.4) is 0 Å². The minimum atomic E-state index is 0.243. The first-order valence-electron chi connectivity index (χ1n) is 6.57. The van der Waals surface area contributed by atoms with Crippen LogP contribution in [0.1, 0.15) is 38.0 Å². The van der Waals surface area contributed by atoms with E-state index in [0.717, 1.165) is 24.6 Å². The Morgan fingerprint density at radius 3 is 3.12 bits per heavy atom. The van der Waals surface area contributed by atoms with Gasteiger partial charge in [0.15, 0.2) is 5.89 Å². The molecule has 17 heavy (non-hydrogen) atoms. The van der Waals surface area contributed by atoms with Crippen LogP contribution in [0.25, 0.3) is 0 Å². The van der Waals surface area contributed by atoms with E-state index in [0.29, 0.717) is 5.92 Å². The third-order valence-corrected chi connectivity index (χ3v) is 3.71. The molecule has 1 aliphatic rings. The van der Waals surface area contributed by atoms with Crippen LogP contribution < -0.4 is 5.32 Å². The van der Waals surface area contributed by atoms with Gasteiger partial charge in [0, 0.05) is 13.0 Å². The van der Waals surface area contributed by atoms with Gasteiger partial charge in [0.1, 0.15) is 5.76 Å². The van der Waals surface area contributed by atoms with E-state index in [1.54, 1.807) is 0 Å². The van der Waals surface area contributed by atoms with E-state index in [1.807, 2.05) is 13.2 Å². The topological polar surface area (TPSA) is 41.3 Å². The summed E-state index contributed by atoms with van der Waals surface area (Å²) in [5, 5.41) is 3.16. The molecule has 1 aromatic heterocycles. The van der Waals surface area contributed by atoms with Crippen molar-refractivity contribution in [1.82, 2.24) is 15.2 Å². The van der Waals surface area contributed by atoms with Crippen LogP contribution in [0, 0.1) is 5.92 Å². The third kappa shape index (κ3) is 3.07. The van der Waals surface area contributed by atoms with Crippen molar-refractivity contribution in [2.45, 2.75) is 32.7 Å². The lowest BCUT2D eigenvalue weighted by molar-refractivity contribution is 0.331. The van der Waals surface area contributed by atoms with Gasteiger partial charge in [0.25, 0.3) is 0 Å². The Morgan fingerprint density at radius 2 is 2.47 bits per heavy atom. The van der Waals surface area contributed by atoms with Crippen LogP contribution >= 0.6 is 0 Å². The largest absolute Gasteiger partial charge is 0.444 e. The second-order valence-corrected chi connectivity index (χ2v) is 4.92. The maximum atomic E-state index is 5.77. The van der Waals surface area contributed by atoms with Crippen molar-refractivity contribution >= 4 is 0 Å². The maximum absolute atomic E-state index is 5.77. The van der Waals surface area contributed by atoms with Crippen LogP contribution in [0.15, 0.2) is 10.6 Å². The van der Waals surface area contributed by atoms with E-state index < -0.39 is 0 Å². The summed E-state index contributed by atoms with van der Waals surface area (Å²) >= 11 is 0. The van der Waals surface area contributed by atoms with E-state index in [1.165, 1.54) is 19.5 Å². The Labute approximate surface area is 103 Å². The fraction of sp³-hybridized carbons (Fsp3) is 0.769. The quantitative estimate of drug-likeness (QED) is 0.848. The van der Waals surface area contributed by atoms with Gasteiger partial charge in [0.2, 0.25) is 0 Å². The summed E-state index contributed by atoms with van der Waals surface area (Å²) in [6, 6.07) is 0.243. The molecule has 2 rings (SSSR count). The SMILES string of the molecule is CCN1CCC(Cc2ncc(C(C)NC)o2)C1. The molecule has 96 valence electrons. The van der Waals surface area contributed by atoms with Crippen LogP contribution in [-0.2, 0) is 6.42 Å². The van der Waals surface area contributed by atoms with Gasteiger partial charge in [0.05, 0.1) is 12.2 Å². The van der Waals surface area contributed by atoms with E-state index in [2.05, 4.69) is 29.0 Å². The van der Waals surface area contributed by atoms with Gasteiger partial charge in [-0.05, 0) is 39.4 Å². The summed E-state index contributed by atoms with van der Waals surface area (Å²) in [5.41, 5.74) is 0. The van der Waals surface area contributed by atoms with Gasteiger partial charge in [-0.1, -0.05) is 6.92 Å². The molecule has 0 radical (unpaired) electrons. The monoisotopic (exact) mass is 237 g/mol. The number of hydrogen-bond donors (Lipinski definition) is 1. The fourth-order valence-electron chi connectivity index (χ4n) is 2.37. The van der Waals surface area contributed by atoms with Crippen molar-refractivity contribution in [3.63, 3.8) is 0 Å². The third-order valence-electron chi connectivity index (χ3n) is 3.71. The molecular weight excluding hydrogens is 214 g/mol. The number of nitrogens with zero attached hydrogens (tertiary/aromatic N) is 2. The summed E-state index contributed by atoms with van der Waals surface area (Å²) in [5.74, 6) is 2.55. The first kappa shape index (κ1) is 12.6. The van der Waals surface area contributed by atoms with E-state index >= 15 is 0 Å². The fourth-order valence-corrected chi connectivity index (χ4v) is 2.37. The number of hydrogen-bond acceptors (Lipinski definition) is 4. The van der Waals surface area contributed by atoms with Gasteiger partial charge in [-0.2, -0.15) is 0 Å². The molecule has 2 heterocycles. The molecule has 1 aliphatic heterocycles. The molecule has 1 saturated heterocycles. The highest BCUT2D eigenvalue weighted by atomic mass is 16.4. The Kier molecular flexibility index (Phi) is 4.18. The van der Waals surface area contributed by atoms with Crippen molar-refractivity contribution in [2.24, 2.45) is 5.92 Å².